The molecule has 2 aromatic rings. The van der Waals surface area contributed by atoms with Crippen LogP contribution in [0.15, 0.2) is 42.7 Å². The molecule has 3 aliphatic rings. The number of piperidine rings is 1. The van der Waals surface area contributed by atoms with Crippen LogP contribution < -0.4 is 0 Å². The zero-order valence-corrected chi connectivity index (χ0v) is 18.7. The van der Waals surface area contributed by atoms with Crippen LogP contribution in [-0.4, -0.2) is 55.6 Å². The number of nitrogens with zero attached hydrogens (tertiary/aromatic N) is 4. The van der Waals surface area contributed by atoms with Gasteiger partial charge in [-0.3, -0.25) is 14.3 Å². The quantitative estimate of drug-likeness (QED) is 0.763. The average Bonchev–Trinajstić information content (AvgIpc) is 3.28. The van der Waals surface area contributed by atoms with Crippen LogP contribution in [0.4, 0.5) is 0 Å². The van der Waals surface area contributed by atoms with E-state index in [-0.39, 0.29) is 47.9 Å². The van der Waals surface area contributed by atoms with Crippen molar-refractivity contribution in [3.63, 3.8) is 0 Å². The maximum Gasteiger partial charge on any atom is 0.244 e. The first kappa shape index (κ1) is 20.3. The number of hydrogen-bond donors (Lipinski definition) is 0. The smallest absolute Gasteiger partial charge is 0.244 e. The molecule has 1 aromatic carbocycles. The summed E-state index contributed by atoms with van der Waals surface area (Å²) in [6.07, 6.45) is 8.61. The predicted octanol–water partition coefficient (Wildman–Crippen LogP) is 3.19. The van der Waals surface area contributed by atoms with Crippen LogP contribution in [0, 0.1) is 12.3 Å². The van der Waals surface area contributed by atoms with Crippen molar-refractivity contribution in [2.45, 2.75) is 83.6 Å². The third kappa shape index (κ3) is 3.27. The first-order chi connectivity index (χ1) is 14.9. The third-order valence-electron chi connectivity index (χ3n) is 7.96. The molecule has 164 valence electrons. The molecule has 31 heavy (non-hydrogen) atoms. The molecule has 0 radical (unpaired) electrons. The van der Waals surface area contributed by atoms with Gasteiger partial charge < -0.3 is 9.80 Å². The fourth-order valence-corrected chi connectivity index (χ4v) is 6.77. The Morgan fingerprint density at radius 1 is 1.13 bits per heavy atom. The zero-order chi connectivity index (χ0) is 21.8. The molecule has 3 fully saturated rings. The van der Waals surface area contributed by atoms with E-state index in [1.807, 2.05) is 19.2 Å². The van der Waals surface area contributed by atoms with Gasteiger partial charge in [-0.15, -0.1) is 0 Å². The van der Waals surface area contributed by atoms with Crippen LogP contribution in [0.1, 0.15) is 50.7 Å². The highest BCUT2D eigenvalue weighted by molar-refractivity contribution is 5.79. The van der Waals surface area contributed by atoms with Crippen LogP contribution in [0.25, 0.3) is 0 Å². The van der Waals surface area contributed by atoms with E-state index in [1.54, 1.807) is 17.8 Å². The summed E-state index contributed by atoms with van der Waals surface area (Å²) in [6.45, 7) is 6.26. The van der Waals surface area contributed by atoms with Gasteiger partial charge in [-0.05, 0) is 50.2 Å². The molecule has 0 spiro atoms. The number of aromatic nitrogens is 2. The van der Waals surface area contributed by atoms with E-state index in [2.05, 4.69) is 46.1 Å². The average molecular weight is 421 g/mol. The SMILES string of the molecule is CC(=O)N1[C@H]2CCC[C@H]3N(C(=O)Cn4cc(C)cn4)[C@@H](Cc4ccccc4)[C@@H]1C[C@@]23C. The highest BCUT2D eigenvalue weighted by Crippen LogP contribution is 2.56. The van der Waals surface area contributed by atoms with Gasteiger partial charge in [-0.1, -0.05) is 37.3 Å². The van der Waals surface area contributed by atoms with Crippen molar-refractivity contribution in [2.24, 2.45) is 5.41 Å². The molecule has 2 saturated heterocycles. The molecule has 6 nitrogen and oxygen atoms in total. The number of rotatable bonds is 4. The van der Waals surface area contributed by atoms with E-state index < -0.39 is 0 Å². The van der Waals surface area contributed by atoms with Crippen molar-refractivity contribution in [3.8, 4) is 0 Å². The molecular formula is C25H32N4O2. The van der Waals surface area contributed by atoms with E-state index in [1.165, 1.54) is 5.56 Å². The minimum absolute atomic E-state index is 0.00312. The molecule has 1 aromatic heterocycles. The number of likely N-dealkylation sites (tertiary alicyclic amines) is 2. The van der Waals surface area contributed by atoms with Crippen molar-refractivity contribution in [2.75, 3.05) is 0 Å². The molecule has 2 aliphatic heterocycles. The van der Waals surface area contributed by atoms with Crippen molar-refractivity contribution in [3.05, 3.63) is 53.9 Å². The van der Waals surface area contributed by atoms with Crippen molar-refractivity contribution in [1.82, 2.24) is 19.6 Å². The Morgan fingerprint density at radius 3 is 2.48 bits per heavy atom. The Morgan fingerprint density at radius 2 is 1.84 bits per heavy atom. The highest BCUT2D eigenvalue weighted by Gasteiger charge is 2.64. The lowest BCUT2D eigenvalue weighted by Gasteiger charge is -2.53. The lowest BCUT2D eigenvalue weighted by Crippen LogP contribution is -2.63. The molecule has 6 heteroatoms. The molecule has 5 rings (SSSR count). The van der Waals surface area contributed by atoms with Crippen molar-refractivity contribution in [1.29, 1.82) is 0 Å². The summed E-state index contributed by atoms with van der Waals surface area (Å²) in [7, 11) is 0. The van der Waals surface area contributed by atoms with E-state index in [4.69, 9.17) is 0 Å². The van der Waals surface area contributed by atoms with E-state index in [0.717, 1.165) is 37.7 Å². The van der Waals surface area contributed by atoms with Gasteiger partial charge in [0.15, 0.2) is 0 Å². The number of hydrogen-bond acceptors (Lipinski definition) is 3. The Labute approximate surface area is 184 Å². The molecule has 0 unspecified atom stereocenters. The largest absolute Gasteiger partial charge is 0.334 e. The van der Waals surface area contributed by atoms with Crippen LogP contribution in [-0.2, 0) is 22.6 Å². The van der Waals surface area contributed by atoms with Crippen molar-refractivity contribution >= 4 is 11.8 Å². The normalized spacial score (nSPS) is 31.7. The summed E-state index contributed by atoms with van der Waals surface area (Å²) >= 11 is 0. The number of benzene rings is 1. The van der Waals surface area contributed by atoms with Crippen LogP contribution in [0.5, 0.6) is 0 Å². The molecule has 1 saturated carbocycles. The van der Waals surface area contributed by atoms with E-state index >= 15 is 0 Å². The van der Waals surface area contributed by atoms with Gasteiger partial charge in [0.05, 0.1) is 18.3 Å². The highest BCUT2D eigenvalue weighted by atomic mass is 16.2. The van der Waals surface area contributed by atoms with Gasteiger partial charge in [-0.2, -0.15) is 5.10 Å². The third-order valence-corrected chi connectivity index (χ3v) is 7.96. The van der Waals surface area contributed by atoms with Crippen molar-refractivity contribution < 1.29 is 9.59 Å². The lowest BCUT2D eigenvalue weighted by atomic mass is 9.64. The second kappa shape index (κ2) is 7.50. The monoisotopic (exact) mass is 420 g/mol. The first-order valence-corrected chi connectivity index (χ1v) is 11.5. The minimum atomic E-state index is -0.0303. The van der Waals surface area contributed by atoms with Gasteiger partial charge in [0.1, 0.15) is 6.54 Å². The maximum atomic E-state index is 13.8. The Hall–Kier alpha value is -2.63. The molecule has 3 heterocycles. The summed E-state index contributed by atoms with van der Waals surface area (Å²) in [5, 5.41) is 4.36. The molecule has 5 atom stereocenters. The predicted molar refractivity (Wildman–Crippen MR) is 118 cm³/mol. The molecule has 2 bridgehead atoms. The topological polar surface area (TPSA) is 58.4 Å². The zero-order valence-electron chi connectivity index (χ0n) is 18.7. The van der Waals surface area contributed by atoms with Crippen LogP contribution >= 0.6 is 0 Å². The van der Waals surface area contributed by atoms with E-state index in [0.29, 0.717) is 0 Å². The van der Waals surface area contributed by atoms with Crippen LogP contribution in [0.2, 0.25) is 0 Å². The molecule has 1 aliphatic carbocycles. The second-order valence-corrected chi connectivity index (χ2v) is 9.94. The summed E-state index contributed by atoms with van der Waals surface area (Å²) in [6, 6.07) is 10.9. The van der Waals surface area contributed by atoms with Crippen LogP contribution in [0.3, 0.4) is 0 Å². The number of aryl methyl sites for hydroxylation is 1. The fraction of sp³-hybridized carbons (Fsp3) is 0.560. The van der Waals surface area contributed by atoms with Gasteiger partial charge in [-0.25, -0.2) is 0 Å². The summed E-state index contributed by atoms with van der Waals surface area (Å²) in [5.74, 6) is 0.269. The lowest BCUT2D eigenvalue weighted by molar-refractivity contribution is -0.146. The Kier molecular flexibility index (Phi) is 4.91. The summed E-state index contributed by atoms with van der Waals surface area (Å²) < 4.78 is 1.75. The number of carbonyl (C=O) groups excluding carboxylic acids is 2. The number of carbonyl (C=O) groups is 2. The first-order valence-electron chi connectivity index (χ1n) is 11.5. The van der Waals surface area contributed by atoms with Gasteiger partial charge >= 0.3 is 0 Å². The van der Waals surface area contributed by atoms with Gasteiger partial charge in [0.25, 0.3) is 0 Å². The Balaban J connectivity index is 1.55. The number of amides is 2. The molecule has 2 amide bonds. The summed E-state index contributed by atoms with van der Waals surface area (Å²) in [4.78, 5) is 30.9. The summed E-state index contributed by atoms with van der Waals surface area (Å²) in [5.41, 5.74) is 2.24. The second-order valence-electron chi connectivity index (χ2n) is 9.94. The minimum Gasteiger partial charge on any atom is -0.334 e. The Bertz CT molecular complexity index is 986. The molecular weight excluding hydrogens is 388 g/mol. The molecule has 0 N–H and O–H groups in total. The standard InChI is InChI=1S/C25H32N4O2/c1-17-14-26-27(15-17)16-24(31)29-20(12-19-8-5-4-6-9-19)21-13-25(3)22(28(21)18(2)30)10-7-11-23(25)29/h4-6,8-9,14-15,20-23H,7,10-13,16H2,1-3H3/t20-,21-,22-,23+,25-/m0/s1. The fourth-order valence-electron chi connectivity index (χ4n) is 6.77. The number of fused-ring (bicyclic) bond motifs is 1. The van der Waals surface area contributed by atoms with E-state index in [9.17, 15) is 9.59 Å². The maximum absolute atomic E-state index is 13.8. The van der Waals surface area contributed by atoms with Gasteiger partial charge in [0, 0.05) is 30.6 Å². The van der Waals surface area contributed by atoms with Gasteiger partial charge in [0.2, 0.25) is 11.8 Å².